The van der Waals surface area contributed by atoms with Crippen LogP contribution < -0.4 is 25.3 Å². The Kier molecular flexibility index (Phi) is 6.55. The molecule has 9 nitrogen and oxygen atoms in total. The molecule has 9 heteroatoms. The first-order chi connectivity index (χ1) is 16.5. The summed E-state index contributed by atoms with van der Waals surface area (Å²) in [6, 6.07) is 11.8. The smallest absolute Gasteiger partial charge is 0.251 e. The van der Waals surface area contributed by atoms with E-state index in [-0.39, 0.29) is 11.7 Å². The van der Waals surface area contributed by atoms with Gasteiger partial charge in [0.1, 0.15) is 17.0 Å². The van der Waals surface area contributed by atoms with Gasteiger partial charge in [-0.1, -0.05) is 0 Å². The van der Waals surface area contributed by atoms with Gasteiger partial charge in [-0.15, -0.1) is 0 Å². The van der Waals surface area contributed by atoms with Crippen molar-refractivity contribution in [2.24, 2.45) is 5.73 Å². The third kappa shape index (κ3) is 4.33. The van der Waals surface area contributed by atoms with Gasteiger partial charge < -0.3 is 34.8 Å². The van der Waals surface area contributed by atoms with E-state index in [1.807, 2.05) is 0 Å². The molecule has 0 saturated carbocycles. The zero-order valence-corrected chi connectivity index (χ0v) is 19.0. The van der Waals surface area contributed by atoms with Crippen molar-refractivity contribution >= 4 is 17.0 Å². The first-order valence-electron chi connectivity index (χ1n) is 10.5. The summed E-state index contributed by atoms with van der Waals surface area (Å²) in [5, 5.41) is 13.0. The van der Waals surface area contributed by atoms with Crippen LogP contribution in [-0.4, -0.2) is 50.4 Å². The number of carbonyl (C=O) groups is 1. The van der Waals surface area contributed by atoms with Crippen molar-refractivity contribution in [3.63, 3.8) is 0 Å². The number of nitrogens with zero attached hydrogens (tertiary/aromatic N) is 1. The lowest BCUT2D eigenvalue weighted by molar-refractivity contribution is 0.0954. The Morgan fingerprint density at radius 3 is 2.41 bits per heavy atom. The molecule has 176 valence electrons. The molecule has 0 atom stereocenters. The highest BCUT2D eigenvalue weighted by molar-refractivity contribution is 5.98. The van der Waals surface area contributed by atoms with Crippen molar-refractivity contribution in [3.8, 4) is 45.4 Å². The van der Waals surface area contributed by atoms with Crippen LogP contribution in [0.3, 0.4) is 0 Å². The van der Waals surface area contributed by atoms with Gasteiger partial charge in [0, 0.05) is 42.0 Å². The van der Waals surface area contributed by atoms with Crippen molar-refractivity contribution < 1.29 is 28.5 Å². The van der Waals surface area contributed by atoms with Crippen LogP contribution >= 0.6 is 0 Å². The summed E-state index contributed by atoms with van der Waals surface area (Å²) >= 11 is 0. The fourth-order valence-electron chi connectivity index (χ4n) is 3.72. The van der Waals surface area contributed by atoms with Crippen LogP contribution in [0.4, 0.5) is 0 Å². The number of aromatic nitrogens is 1. The number of amides is 1. The van der Waals surface area contributed by atoms with Crippen LogP contribution in [0.15, 0.2) is 53.1 Å². The molecule has 0 fully saturated rings. The Bertz CT molecular complexity index is 1320. The third-order valence-corrected chi connectivity index (χ3v) is 5.28. The van der Waals surface area contributed by atoms with Gasteiger partial charge in [0.25, 0.3) is 5.91 Å². The summed E-state index contributed by atoms with van der Waals surface area (Å²) < 4.78 is 22.5. The normalized spacial score (nSPS) is 10.8. The zero-order chi connectivity index (χ0) is 24.2. The van der Waals surface area contributed by atoms with Gasteiger partial charge in [-0.2, -0.15) is 0 Å². The number of nitrogens with one attached hydrogen (secondary N) is 1. The summed E-state index contributed by atoms with van der Waals surface area (Å²) in [5.41, 5.74) is 8.88. The molecule has 1 amide bonds. The van der Waals surface area contributed by atoms with Gasteiger partial charge in [0.2, 0.25) is 5.75 Å². The van der Waals surface area contributed by atoms with E-state index in [0.717, 1.165) is 0 Å². The number of phenolic OH excluding ortho intramolecular Hbond substituents is 1. The Morgan fingerprint density at radius 2 is 1.76 bits per heavy atom. The van der Waals surface area contributed by atoms with Crippen molar-refractivity contribution in [3.05, 3.63) is 54.2 Å². The molecule has 2 aromatic heterocycles. The van der Waals surface area contributed by atoms with Crippen LogP contribution in [0.2, 0.25) is 0 Å². The maximum Gasteiger partial charge on any atom is 0.251 e. The quantitative estimate of drug-likeness (QED) is 0.362. The second-order valence-electron chi connectivity index (χ2n) is 7.41. The number of ether oxygens (including phenoxy) is 3. The Balaban J connectivity index is 1.82. The molecule has 4 aromatic rings. The third-order valence-electron chi connectivity index (χ3n) is 5.28. The van der Waals surface area contributed by atoms with E-state index in [2.05, 4.69) is 10.3 Å². The largest absolute Gasteiger partial charge is 0.508 e. The van der Waals surface area contributed by atoms with Gasteiger partial charge in [0.15, 0.2) is 17.1 Å². The number of rotatable bonds is 8. The number of nitrogens with two attached hydrogens (primary N) is 1. The van der Waals surface area contributed by atoms with Crippen LogP contribution in [0.1, 0.15) is 10.4 Å². The number of methoxy groups -OCH3 is 3. The molecule has 2 heterocycles. The lowest BCUT2D eigenvalue weighted by Gasteiger charge is -2.13. The van der Waals surface area contributed by atoms with E-state index in [1.54, 1.807) is 56.8 Å². The number of aromatic hydroxyl groups is 1. The van der Waals surface area contributed by atoms with Gasteiger partial charge in [-0.3, -0.25) is 9.78 Å². The topological polar surface area (TPSA) is 129 Å². The molecular formula is C25H25N3O6. The molecule has 0 aliphatic carbocycles. The Morgan fingerprint density at radius 1 is 1.03 bits per heavy atom. The first-order valence-corrected chi connectivity index (χ1v) is 10.5. The van der Waals surface area contributed by atoms with Crippen molar-refractivity contribution in [1.82, 2.24) is 10.3 Å². The van der Waals surface area contributed by atoms with E-state index in [9.17, 15) is 9.90 Å². The zero-order valence-electron chi connectivity index (χ0n) is 19.0. The molecule has 0 bridgehead atoms. The summed E-state index contributed by atoms with van der Waals surface area (Å²) in [6.07, 6.45) is 1.64. The van der Waals surface area contributed by atoms with Gasteiger partial charge >= 0.3 is 0 Å². The fraction of sp³-hybridized carbons (Fsp3) is 0.200. The van der Waals surface area contributed by atoms with E-state index in [4.69, 9.17) is 24.4 Å². The van der Waals surface area contributed by atoms with Crippen molar-refractivity contribution in [2.75, 3.05) is 34.4 Å². The second kappa shape index (κ2) is 9.72. The molecule has 0 aliphatic rings. The number of hydrogen-bond acceptors (Lipinski definition) is 8. The Hall–Kier alpha value is -4.24. The van der Waals surface area contributed by atoms with E-state index < -0.39 is 0 Å². The number of pyridine rings is 1. The molecule has 0 saturated heterocycles. The van der Waals surface area contributed by atoms with Gasteiger partial charge in [0.05, 0.1) is 21.3 Å². The average Bonchev–Trinajstić information content (AvgIpc) is 3.30. The molecule has 4 N–H and O–H groups in total. The minimum Gasteiger partial charge on any atom is -0.508 e. The molecule has 34 heavy (non-hydrogen) atoms. The van der Waals surface area contributed by atoms with Gasteiger partial charge in [-0.25, -0.2) is 0 Å². The number of carbonyl (C=O) groups excluding carboxylic acids is 1. The maximum absolute atomic E-state index is 12.4. The molecule has 0 radical (unpaired) electrons. The lowest BCUT2D eigenvalue weighted by atomic mass is 10.0. The molecule has 0 unspecified atom stereocenters. The minimum absolute atomic E-state index is 0.0447. The van der Waals surface area contributed by atoms with Crippen molar-refractivity contribution in [1.29, 1.82) is 0 Å². The van der Waals surface area contributed by atoms with E-state index in [1.165, 1.54) is 13.2 Å². The highest BCUT2D eigenvalue weighted by Crippen LogP contribution is 2.43. The number of phenols is 1. The van der Waals surface area contributed by atoms with Crippen LogP contribution in [0, 0.1) is 0 Å². The molecule has 2 aromatic carbocycles. The monoisotopic (exact) mass is 463 g/mol. The lowest BCUT2D eigenvalue weighted by Crippen LogP contribution is -2.28. The van der Waals surface area contributed by atoms with Crippen LogP contribution in [0.5, 0.6) is 23.0 Å². The summed E-state index contributed by atoms with van der Waals surface area (Å²) in [7, 11) is 4.63. The summed E-state index contributed by atoms with van der Waals surface area (Å²) in [5.74, 6) is 1.62. The SMILES string of the molecule is COc1cc(-c2cc3nccc(-c4cc(O)cc(C(=O)NCCN)c4)c3o2)cc(OC)c1OC. The van der Waals surface area contributed by atoms with E-state index in [0.29, 0.717) is 69.5 Å². The predicted octanol–water partition coefficient (Wildman–Crippen LogP) is 3.58. The summed E-state index contributed by atoms with van der Waals surface area (Å²) in [4.78, 5) is 16.8. The number of benzene rings is 2. The fourth-order valence-corrected chi connectivity index (χ4v) is 3.72. The average molecular weight is 463 g/mol. The number of fused-ring (bicyclic) bond motifs is 1. The summed E-state index contributed by atoms with van der Waals surface area (Å²) in [6.45, 7) is 0.651. The van der Waals surface area contributed by atoms with Gasteiger partial charge in [-0.05, 0) is 42.0 Å². The molecular weight excluding hydrogens is 438 g/mol. The van der Waals surface area contributed by atoms with E-state index >= 15 is 0 Å². The highest BCUT2D eigenvalue weighted by Gasteiger charge is 2.19. The molecule has 4 rings (SSSR count). The van der Waals surface area contributed by atoms with Crippen LogP contribution in [0.25, 0.3) is 33.6 Å². The van der Waals surface area contributed by atoms with Crippen LogP contribution in [-0.2, 0) is 0 Å². The first kappa shape index (κ1) is 22.9. The molecule has 0 spiro atoms. The number of furan rings is 1. The standard InChI is InChI=1S/C25H25N3O6/c1-31-21-11-15(12-22(32-2)24(21)33-3)20-13-19-23(34-20)18(4-6-27-19)14-8-16(10-17(29)9-14)25(30)28-7-5-26/h4,6,8-13,29H,5,7,26H2,1-3H3,(H,28,30). The second-order valence-corrected chi connectivity index (χ2v) is 7.41. The maximum atomic E-state index is 12.4. The minimum atomic E-state index is -0.328. The highest BCUT2D eigenvalue weighted by atomic mass is 16.5. The predicted molar refractivity (Wildman–Crippen MR) is 128 cm³/mol. The van der Waals surface area contributed by atoms with Crippen molar-refractivity contribution in [2.45, 2.75) is 0 Å². The molecule has 0 aliphatic heterocycles. The Labute approximate surface area is 196 Å². The number of hydrogen-bond donors (Lipinski definition) is 3.